The molecule has 408 valence electrons. The summed E-state index contributed by atoms with van der Waals surface area (Å²) in [6, 6.07) is 12.9. The highest BCUT2D eigenvalue weighted by Crippen LogP contribution is 2.28. The number of unbranched alkanes of at least 4 members (excludes halogenated alkanes) is 2. The van der Waals surface area contributed by atoms with Crippen LogP contribution in [0.4, 0.5) is 32.5 Å². The van der Waals surface area contributed by atoms with Crippen molar-refractivity contribution >= 4 is 70.4 Å². The highest BCUT2D eigenvalue weighted by atomic mass is 16.6. The Bertz CT molecular complexity index is 2770. The Morgan fingerprint density at radius 2 is 1.58 bits per heavy atom. The van der Waals surface area contributed by atoms with E-state index in [2.05, 4.69) is 46.4 Å². The lowest BCUT2D eigenvalue weighted by molar-refractivity contribution is -0.137. The number of hydrogen-bond donors (Lipinski definition) is 7. The third-order valence-electron chi connectivity index (χ3n) is 12.9. The van der Waals surface area contributed by atoms with Gasteiger partial charge in [-0.2, -0.15) is 0 Å². The molecule has 2 saturated heterocycles. The molecule has 2 aromatic carbocycles. The molecule has 24 heteroatoms. The van der Waals surface area contributed by atoms with Gasteiger partial charge in [-0.25, -0.2) is 19.6 Å². The molecule has 2 fully saturated rings. The molecule has 3 aliphatic rings. The van der Waals surface area contributed by atoms with E-state index in [0.717, 1.165) is 10.6 Å². The molecule has 0 aliphatic carbocycles. The second kappa shape index (κ2) is 27.2. The van der Waals surface area contributed by atoms with E-state index in [9.17, 15) is 38.4 Å². The molecule has 9 amide bonds. The number of nitrogen functional groups attached to an aromatic ring is 1. The summed E-state index contributed by atoms with van der Waals surface area (Å²) in [4.78, 5) is 119. The summed E-state index contributed by atoms with van der Waals surface area (Å²) in [7, 11) is 0. The lowest BCUT2D eigenvalue weighted by Crippen LogP contribution is -2.54. The summed E-state index contributed by atoms with van der Waals surface area (Å²) >= 11 is 0. The van der Waals surface area contributed by atoms with Crippen molar-refractivity contribution in [1.29, 1.82) is 0 Å². The summed E-state index contributed by atoms with van der Waals surface area (Å²) < 4.78 is 17.3. The first kappa shape index (κ1) is 56.1. The average Bonchev–Trinajstić information content (AvgIpc) is 4.03. The number of nitrogens with one attached hydrogen (secondary N) is 5. The van der Waals surface area contributed by atoms with Crippen LogP contribution in [0.15, 0.2) is 85.3 Å². The Labute approximate surface area is 445 Å². The van der Waals surface area contributed by atoms with Crippen LogP contribution in [0.25, 0.3) is 11.3 Å². The predicted octanol–water partition coefficient (Wildman–Crippen LogP) is 3.50. The first-order valence-corrected chi connectivity index (χ1v) is 25.6. The van der Waals surface area contributed by atoms with Gasteiger partial charge in [0.2, 0.25) is 17.7 Å². The monoisotopic (exact) mass is 1060 g/mol. The van der Waals surface area contributed by atoms with Crippen LogP contribution in [0.2, 0.25) is 0 Å². The van der Waals surface area contributed by atoms with Gasteiger partial charge in [-0.1, -0.05) is 32.4 Å². The maximum atomic E-state index is 13.6. The number of aromatic nitrogens is 3. The smallest absolute Gasteiger partial charge is 0.410 e. The molecule has 9 N–H and O–H groups in total. The molecule has 3 aliphatic heterocycles. The van der Waals surface area contributed by atoms with E-state index in [1.165, 1.54) is 18.3 Å². The number of ether oxygens (including phenoxy) is 3. The molecule has 24 nitrogen and oxygen atoms in total. The predicted molar refractivity (Wildman–Crippen MR) is 283 cm³/mol. The fourth-order valence-electron chi connectivity index (χ4n) is 8.70. The zero-order valence-electron chi connectivity index (χ0n) is 43.0. The number of benzene rings is 2. The van der Waals surface area contributed by atoms with Crippen LogP contribution in [0.1, 0.15) is 74.8 Å². The fourth-order valence-corrected chi connectivity index (χ4v) is 8.70. The number of pyridine rings is 1. The van der Waals surface area contributed by atoms with E-state index in [1.807, 2.05) is 6.07 Å². The van der Waals surface area contributed by atoms with Gasteiger partial charge in [0.05, 0.1) is 49.2 Å². The Hall–Kier alpha value is -8.67. The van der Waals surface area contributed by atoms with E-state index in [1.54, 1.807) is 79.7 Å². The fraction of sp³-hybridized carbons (Fsp3) is 0.415. The van der Waals surface area contributed by atoms with Gasteiger partial charge in [0.25, 0.3) is 17.7 Å². The highest BCUT2D eigenvalue weighted by molar-refractivity contribution is 6.13. The van der Waals surface area contributed by atoms with Crippen LogP contribution >= 0.6 is 0 Å². The lowest BCUT2D eigenvalue weighted by atomic mass is 10.0. The number of urea groups is 1. The first-order chi connectivity index (χ1) is 37.1. The Balaban J connectivity index is 0.850. The summed E-state index contributed by atoms with van der Waals surface area (Å²) in [6.07, 6.45) is 9.05. The molecule has 0 saturated carbocycles. The van der Waals surface area contributed by atoms with Gasteiger partial charge in [-0.05, 0) is 79.6 Å². The van der Waals surface area contributed by atoms with Crippen LogP contribution in [0, 0.1) is 5.92 Å². The second-order valence-corrected chi connectivity index (χ2v) is 18.9. The van der Waals surface area contributed by atoms with Crippen LogP contribution in [-0.4, -0.2) is 143 Å². The van der Waals surface area contributed by atoms with Crippen molar-refractivity contribution in [3.05, 3.63) is 96.6 Å². The highest BCUT2D eigenvalue weighted by Gasteiger charge is 2.31. The number of likely N-dealkylation sites (tertiary alicyclic amines) is 1. The minimum atomic E-state index is -1.05. The van der Waals surface area contributed by atoms with Crippen LogP contribution in [0.3, 0.4) is 0 Å². The second-order valence-electron chi connectivity index (χ2n) is 18.9. The third-order valence-corrected chi connectivity index (χ3v) is 12.9. The number of nitrogens with two attached hydrogens (primary N) is 2. The molecule has 0 unspecified atom stereocenters. The standard InChI is InChI=1S/C53H65N13O11/c1-33(2)46(63-43(67)8-4-3-5-23-66-44(68)17-18-45(66)69)50(71)61-39(7-6-21-57-52(55)73)49(70)59-36-13-9-34(10-14-36)32-76-53(74)65-24-20-38(31-65)77-37-15-11-35(12-16-37)40-30-58-48(54)47(60-40)51(72)62-41-29-56-22-19-42(41)64-25-27-75-28-26-64/h9-19,22,29-30,33,38-39,46H,3-8,20-21,23-28,31-32H2,1-2H3,(H2,54,58)(H,59,70)(H,61,71)(H,62,72)(H,63,67)(H3,55,57,73)/t38-,39-,46-/m0/s1. The average molecular weight is 1060 g/mol. The van der Waals surface area contributed by atoms with Gasteiger partial charge in [-0.3, -0.25) is 38.7 Å². The van der Waals surface area contributed by atoms with Crippen molar-refractivity contribution in [3.8, 4) is 17.0 Å². The SMILES string of the molecule is CC(C)[C@H](NC(=O)CCCCCN1C(=O)C=CC1=O)C(=O)N[C@@H](CCCNC(N)=O)C(=O)Nc1ccc(COC(=O)N2CC[C@H](Oc3ccc(-c4cnc(N)c(C(=O)Nc5cnccc5N5CCOCC5)n4)cc3)C2)cc1. The van der Waals surface area contributed by atoms with Crippen molar-refractivity contribution in [2.24, 2.45) is 11.7 Å². The zero-order valence-corrected chi connectivity index (χ0v) is 43.0. The van der Waals surface area contributed by atoms with E-state index in [4.69, 9.17) is 25.7 Å². The van der Waals surface area contributed by atoms with Crippen LogP contribution in [0.5, 0.6) is 5.75 Å². The molecule has 5 heterocycles. The Morgan fingerprint density at radius 1 is 0.844 bits per heavy atom. The van der Waals surface area contributed by atoms with Crippen molar-refractivity contribution < 1.29 is 52.6 Å². The summed E-state index contributed by atoms with van der Waals surface area (Å²) in [5.41, 5.74) is 14.8. The Kier molecular flexibility index (Phi) is 19.8. The minimum absolute atomic E-state index is 0.0241. The largest absolute Gasteiger partial charge is 0.489 e. The molecule has 0 radical (unpaired) electrons. The number of hydrogen-bond acceptors (Lipinski definition) is 16. The number of nitrogens with zero attached hydrogens (tertiary/aromatic N) is 6. The number of carbonyl (C=O) groups excluding carboxylic acids is 8. The molecule has 4 aromatic rings. The van der Waals surface area contributed by atoms with Crippen LogP contribution in [-0.2, 0) is 40.1 Å². The van der Waals surface area contributed by atoms with Gasteiger partial charge in [0.1, 0.15) is 30.5 Å². The Morgan fingerprint density at radius 3 is 2.30 bits per heavy atom. The normalized spacial score (nSPS) is 15.9. The number of anilines is 4. The molecule has 0 bridgehead atoms. The summed E-state index contributed by atoms with van der Waals surface area (Å²) in [5.74, 6) is -2.50. The molecule has 0 spiro atoms. The van der Waals surface area contributed by atoms with Gasteiger partial charge in [-0.15, -0.1) is 0 Å². The van der Waals surface area contributed by atoms with Crippen molar-refractivity contribution in [2.75, 3.05) is 73.7 Å². The first-order valence-electron chi connectivity index (χ1n) is 25.6. The number of primary amides is 1. The van der Waals surface area contributed by atoms with Gasteiger partial charge in [0, 0.05) is 75.2 Å². The van der Waals surface area contributed by atoms with E-state index >= 15 is 0 Å². The van der Waals surface area contributed by atoms with Gasteiger partial charge in [0.15, 0.2) is 11.5 Å². The number of amides is 9. The lowest BCUT2D eigenvalue weighted by Gasteiger charge is -2.30. The maximum absolute atomic E-state index is 13.6. The number of morpholine rings is 1. The van der Waals surface area contributed by atoms with Gasteiger partial charge < -0.3 is 62.1 Å². The van der Waals surface area contributed by atoms with Crippen molar-refractivity contribution in [1.82, 2.24) is 40.7 Å². The zero-order chi connectivity index (χ0) is 54.8. The summed E-state index contributed by atoms with van der Waals surface area (Å²) in [6.45, 7) is 7.11. The molecular formula is C53H65N13O11. The molecule has 3 atom stereocenters. The number of imide groups is 1. The van der Waals surface area contributed by atoms with Crippen LogP contribution < -0.4 is 47.7 Å². The van der Waals surface area contributed by atoms with E-state index in [-0.39, 0.29) is 73.8 Å². The maximum Gasteiger partial charge on any atom is 0.410 e. The number of carbonyl (C=O) groups is 8. The van der Waals surface area contributed by atoms with Crippen molar-refractivity contribution in [2.45, 2.75) is 83.6 Å². The van der Waals surface area contributed by atoms with E-state index in [0.29, 0.717) is 105 Å². The molecule has 77 heavy (non-hydrogen) atoms. The van der Waals surface area contributed by atoms with E-state index < -0.39 is 41.9 Å². The minimum Gasteiger partial charge on any atom is -0.489 e. The number of rotatable bonds is 24. The molecule has 7 rings (SSSR count). The third kappa shape index (κ3) is 16.2. The van der Waals surface area contributed by atoms with Crippen molar-refractivity contribution in [3.63, 3.8) is 0 Å². The molecular weight excluding hydrogens is 995 g/mol. The molecule has 2 aromatic heterocycles. The van der Waals surface area contributed by atoms with Gasteiger partial charge >= 0.3 is 12.1 Å². The quantitative estimate of drug-likeness (QED) is 0.0390. The summed E-state index contributed by atoms with van der Waals surface area (Å²) in [5, 5.41) is 13.7. The topological polar surface area (TPSA) is 325 Å².